The first-order chi connectivity index (χ1) is 15.3. The highest BCUT2D eigenvalue weighted by Gasteiger charge is 2.52. The molecule has 0 aromatic heterocycles. The smallest absolute Gasteiger partial charge is 0.333 e. The van der Waals surface area contributed by atoms with Crippen molar-refractivity contribution in [2.75, 3.05) is 7.11 Å². The fraction of sp³-hybridized carbons (Fsp3) is 0.583. The number of carbonyl (C=O) groups excluding carboxylic acids is 1. The molecule has 1 aliphatic heterocycles. The van der Waals surface area contributed by atoms with Crippen LogP contribution in [0.3, 0.4) is 0 Å². The van der Waals surface area contributed by atoms with Gasteiger partial charge in [0.15, 0.2) is 0 Å². The average molecular weight is 447 g/mol. The summed E-state index contributed by atoms with van der Waals surface area (Å²) in [6, 6.07) is 5.90. The number of rotatable bonds is 12. The number of aliphatic carboxylic acids is 1. The maximum atomic E-state index is 13.2. The lowest BCUT2D eigenvalue weighted by Gasteiger charge is -2.47. The minimum Gasteiger partial charge on any atom is -0.478 e. The number of benzene rings is 1. The molecule has 1 heterocycles. The third kappa shape index (κ3) is 5.66. The number of esters is 1. The van der Waals surface area contributed by atoms with E-state index in [1.165, 1.54) is 31.5 Å². The third-order valence-electron chi connectivity index (χ3n) is 6.37. The number of carboxylic acids is 1. The van der Waals surface area contributed by atoms with Gasteiger partial charge in [0.05, 0.1) is 29.1 Å². The van der Waals surface area contributed by atoms with Gasteiger partial charge in [-0.05, 0) is 18.4 Å². The molecule has 32 heavy (non-hydrogen) atoms. The molecule has 0 saturated carbocycles. The van der Waals surface area contributed by atoms with Crippen molar-refractivity contribution in [2.45, 2.75) is 76.7 Å². The van der Waals surface area contributed by atoms with Crippen molar-refractivity contribution in [3.8, 4) is 0 Å². The molecule has 1 aromatic rings. The molecule has 1 aromatic carbocycles. The highest BCUT2D eigenvalue weighted by Crippen LogP contribution is 2.46. The van der Waals surface area contributed by atoms with E-state index >= 15 is 0 Å². The van der Waals surface area contributed by atoms with E-state index in [9.17, 15) is 24.8 Å². The van der Waals surface area contributed by atoms with E-state index in [2.05, 4.69) is 19.2 Å². The number of hydrogen-bond acceptors (Lipinski definition) is 6. The number of carboxylic acid groups (broad SMARTS) is 1. The number of nitrogens with zero attached hydrogens (tertiary/aromatic N) is 1. The fourth-order valence-corrected chi connectivity index (χ4v) is 4.75. The number of non-ortho nitro benzene ring substituents is 1. The van der Waals surface area contributed by atoms with Crippen LogP contribution in [0.4, 0.5) is 5.69 Å². The second-order valence-corrected chi connectivity index (χ2v) is 8.45. The monoisotopic (exact) mass is 446 g/mol. The predicted molar refractivity (Wildman–Crippen MR) is 121 cm³/mol. The zero-order valence-corrected chi connectivity index (χ0v) is 19.1. The summed E-state index contributed by atoms with van der Waals surface area (Å²) < 4.78 is 5.18. The summed E-state index contributed by atoms with van der Waals surface area (Å²) in [6.07, 6.45) is 8.60. The Labute approximate surface area is 189 Å². The van der Waals surface area contributed by atoms with Crippen LogP contribution in [-0.2, 0) is 14.3 Å². The number of nitrogens with one attached hydrogen (secondary N) is 1. The molecule has 2 N–H and O–H groups in total. The lowest BCUT2D eigenvalue weighted by atomic mass is 9.64. The molecule has 0 spiro atoms. The SMILES string of the molecule is CCCCCC1(CCCCC)NC=C(C(=O)O)C(c2cccc([N+](=O)[O-])c2)C1C(=O)OC. The van der Waals surface area contributed by atoms with E-state index < -0.39 is 34.2 Å². The molecule has 176 valence electrons. The summed E-state index contributed by atoms with van der Waals surface area (Å²) in [7, 11) is 1.30. The van der Waals surface area contributed by atoms with Gasteiger partial charge in [-0.2, -0.15) is 0 Å². The van der Waals surface area contributed by atoms with E-state index in [0.717, 1.165) is 38.5 Å². The first-order valence-electron chi connectivity index (χ1n) is 11.3. The van der Waals surface area contributed by atoms with Crippen LogP contribution in [0.5, 0.6) is 0 Å². The van der Waals surface area contributed by atoms with Crippen molar-refractivity contribution in [1.82, 2.24) is 5.32 Å². The van der Waals surface area contributed by atoms with Crippen LogP contribution in [0.15, 0.2) is 36.0 Å². The Morgan fingerprint density at radius 3 is 2.28 bits per heavy atom. The van der Waals surface area contributed by atoms with Crippen molar-refractivity contribution in [3.63, 3.8) is 0 Å². The Kier molecular flexibility index (Phi) is 9.23. The summed E-state index contributed by atoms with van der Waals surface area (Å²) in [5.41, 5.74) is -0.398. The Hall–Kier alpha value is -2.90. The second kappa shape index (κ2) is 11.6. The minimum atomic E-state index is -1.17. The third-order valence-corrected chi connectivity index (χ3v) is 6.37. The predicted octanol–water partition coefficient (Wildman–Crippen LogP) is 4.94. The zero-order chi connectivity index (χ0) is 23.7. The second-order valence-electron chi connectivity index (χ2n) is 8.45. The van der Waals surface area contributed by atoms with Gasteiger partial charge < -0.3 is 15.2 Å². The molecule has 0 saturated heterocycles. The number of ether oxygens (including phenoxy) is 1. The first-order valence-corrected chi connectivity index (χ1v) is 11.3. The highest BCUT2D eigenvalue weighted by atomic mass is 16.6. The molecular weight excluding hydrogens is 412 g/mol. The van der Waals surface area contributed by atoms with Gasteiger partial charge >= 0.3 is 11.9 Å². The number of carbonyl (C=O) groups is 2. The summed E-state index contributed by atoms with van der Waals surface area (Å²) in [6.45, 7) is 4.20. The van der Waals surface area contributed by atoms with Crippen LogP contribution in [0.25, 0.3) is 0 Å². The Morgan fingerprint density at radius 2 is 1.78 bits per heavy atom. The molecular formula is C24H34N2O6. The van der Waals surface area contributed by atoms with E-state index in [-0.39, 0.29) is 11.3 Å². The Balaban J connectivity index is 2.66. The average Bonchev–Trinajstić information content (AvgIpc) is 2.78. The van der Waals surface area contributed by atoms with Crippen molar-refractivity contribution >= 4 is 17.6 Å². The Morgan fingerprint density at radius 1 is 1.16 bits per heavy atom. The lowest BCUT2D eigenvalue weighted by molar-refractivity contribution is -0.384. The van der Waals surface area contributed by atoms with Gasteiger partial charge in [-0.15, -0.1) is 0 Å². The van der Waals surface area contributed by atoms with Crippen LogP contribution < -0.4 is 5.32 Å². The van der Waals surface area contributed by atoms with Gasteiger partial charge in [-0.3, -0.25) is 14.9 Å². The maximum absolute atomic E-state index is 13.2. The summed E-state index contributed by atoms with van der Waals surface area (Å²) in [5.74, 6) is -3.35. The van der Waals surface area contributed by atoms with Crippen LogP contribution in [0.2, 0.25) is 0 Å². The van der Waals surface area contributed by atoms with Gasteiger partial charge in [0.25, 0.3) is 5.69 Å². The van der Waals surface area contributed by atoms with E-state index in [0.29, 0.717) is 18.4 Å². The molecule has 0 fully saturated rings. The van der Waals surface area contributed by atoms with Gasteiger partial charge in [-0.1, -0.05) is 64.5 Å². The van der Waals surface area contributed by atoms with Crippen molar-refractivity contribution in [1.29, 1.82) is 0 Å². The lowest BCUT2D eigenvalue weighted by Crippen LogP contribution is -2.58. The van der Waals surface area contributed by atoms with E-state index in [1.54, 1.807) is 6.07 Å². The molecule has 0 bridgehead atoms. The van der Waals surface area contributed by atoms with Crippen molar-refractivity contribution in [3.05, 3.63) is 51.7 Å². The molecule has 0 amide bonds. The molecule has 8 nitrogen and oxygen atoms in total. The van der Waals surface area contributed by atoms with Gasteiger partial charge in [0.1, 0.15) is 0 Å². The molecule has 2 unspecified atom stereocenters. The number of nitro benzene ring substituents is 1. The largest absolute Gasteiger partial charge is 0.478 e. The Bertz CT molecular complexity index is 841. The molecule has 1 aliphatic rings. The van der Waals surface area contributed by atoms with Gasteiger partial charge in [0.2, 0.25) is 0 Å². The van der Waals surface area contributed by atoms with Crippen LogP contribution in [0.1, 0.15) is 76.7 Å². The van der Waals surface area contributed by atoms with Crippen molar-refractivity contribution < 1.29 is 24.4 Å². The highest BCUT2D eigenvalue weighted by molar-refractivity contribution is 5.91. The van der Waals surface area contributed by atoms with Crippen molar-refractivity contribution in [2.24, 2.45) is 5.92 Å². The quantitative estimate of drug-likeness (QED) is 0.202. The van der Waals surface area contributed by atoms with E-state index in [4.69, 9.17) is 4.74 Å². The summed E-state index contributed by atoms with van der Waals surface area (Å²) >= 11 is 0. The minimum absolute atomic E-state index is 0.00232. The fourth-order valence-electron chi connectivity index (χ4n) is 4.75. The topological polar surface area (TPSA) is 119 Å². The number of unbranched alkanes of at least 4 members (excludes halogenated alkanes) is 4. The molecule has 0 aliphatic carbocycles. The molecule has 2 rings (SSSR count). The normalized spacial score (nSPS) is 19.5. The molecule has 8 heteroatoms. The number of methoxy groups -OCH3 is 1. The zero-order valence-electron chi connectivity index (χ0n) is 19.1. The maximum Gasteiger partial charge on any atom is 0.333 e. The molecule has 2 atom stereocenters. The molecule has 0 radical (unpaired) electrons. The summed E-state index contributed by atoms with van der Waals surface area (Å²) in [5, 5.41) is 24.6. The van der Waals surface area contributed by atoms with E-state index in [1.807, 2.05) is 0 Å². The van der Waals surface area contributed by atoms with Crippen LogP contribution >= 0.6 is 0 Å². The number of nitro groups is 1. The van der Waals surface area contributed by atoms with Crippen LogP contribution in [-0.4, -0.2) is 34.6 Å². The van der Waals surface area contributed by atoms with Crippen LogP contribution in [0, 0.1) is 16.0 Å². The summed E-state index contributed by atoms with van der Waals surface area (Å²) in [4.78, 5) is 36.2. The van der Waals surface area contributed by atoms with Gasteiger partial charge in [0, 0.05) is 24.3 Å². The first kappa shape index (κ1) is 25.4. The standard InChI is InChI=1S/C24H34N2O6/c1-4-6-8-13-24(14-9-7-5-2)21(23(29)32-3)20(19(16-25-24)22(27)28)17-11-10-12-18(15-17)26(30)31/h10-12,15-16,20-21,25H,4-9,13-14H2,1-3H3,(H,27,28). The van der Waals surface area contributed by atoms with Gasteiger partial charge in [-0.25, -0.2) is 4.79 Å². The number of hydrogen-bond donors (Lipinski definition) is 2.